The third kappa shape index (κ3) is 7.01. The van der Waals surface area contributed by atoms with Gasteiger partial charge in [0.15, 0.2) is 0 Å². The lowest BCUT2D eigenvalue weighted by molar-refractivity contribution is 0.660. The molecule has 0 N–H and O–H groups in total. The average molecular weight is 875 g/mol. The number of nitrogens with zero attached hydrogens (tertiary/aromatic N) is 4. The Morgan fingerprint density at radius 3 is 1.49 bits per heavy atom. The molecule has 0 saturated heterocycles. The predicted molar refractivity (Wildman–Crippen MR) is 286 cm³/mol. The monoisotopic (exact) mass is 874 g/mol. The van der Waals surface area contributed by atoms with E-state index in [0.717, 1.165) is 51.1 Å². The molecule has 0 spiro atoms. The summed E-state index contributed by atoms with van der Waals surface area (Å²) in [7, 11) is 0. The molecule has 0 bridgehead atoms. The largest absolute Gasteiger partial charge is 0.321 e. The fraction of sp³-hybridized carbons (Fsp3) is 0.0625. The number of benzene rings is 10. The number of hydrogen-bond acceptors (Lipinski definition) is 4. The first kappa shape index (κ1) is 40.9. The summed E-state index contributed by atoms with van der Waals surface area (Å²) in [6, 6.07) is 92.6. The molecule has 12 rings (SSSR count). The highest BCUT2D eigenvalue weighted by Gasteiger charge is 2.40. The van der Waals surface area contributed by atoms with E-state index in [4.69, 9.17) is 0 Å². The Kier molecular flexibility index (Phi) is 10.2. The van der Waals surface area contributed by atoms with Gasteiger partial charge in [-0.15, -0.1) is 0 Å². The third-order valence-corrected chi connectivity index (χ3v) is 13.8. The van der Waals surface area contributed by atoms with Crippen LogP contribution in [0.1, 0.15) is 25.0 Å². The van der Waals surface area contributed by atoms with Gasteiger partial charge in [0.2, 0.25) is 0 Å². The molecule has 1 aliphatic heterocycles. The molecule has 4 nitrogen and oxygen atoms in total. The molecular formula is C64H50N4. The maximum Gasteiger partial charge on any atom is 0.100 e. The van der Waals surface area contributed by atoms with Crippen molar-refractivity contribution in [2.45, 2.75) is 19.3 Å². The van der Waals surface area contributed by atoms with Crippen LogP contribution in [0.25, 0.3) is 33.4 Å². The highest BCUT2D eigenvalue weighted by molar-refractivity contribution is 6.08. The van der Waals surface area contributed by atoms with E-state index in [1.54, 1.807) is 0 Å². The number of hydrogen-bond donors (Lipinski definition) is 0. The minimum atomic E-state index is -0.218. The van der Waals surface area contributed by atoms with E-state index in [-0.39, 0.29) is 5.41 Å². The van der Waals surface area contributed by atoms with Gasteiger partial charge in [-0.05, 0) is 130 Å². The second kappa shape index (κ2) is 17.0. The van der Waals surface area contributed by atoms with Crippen molar-refractivity contribution < 1.29 is 0 Å². The van der Waals surface area contributed by atoms with Crippen LogP contribution in [-0.4, -0.2) is 6.67 Å². The molecule has 68 heavy (non-hydrogen) atoms. The summed E-state index contributed by atoms with van der Waals surface area (Å²) < 4.78 is 0. The first-order valence-electron chi connectivity index (χ1n) is 23.5. The zero-order valence-corrected chi connectivity index (χ0v) is 38.2. The first-order valence-corrected chi connectivity index (χ1v) is 23.5. The summed E-state index contributed by atoms with van der Waals surface area (Å²) in [5.41, 5.74) is 20.9. The van der Waals surface area contributed by atoms with Crippen molar-refractivity contribution in [1.82, 2.24) is 0 Å². The van der Waals surface area contributed by atoms with Gasteiger partial charge in [0.25, 0.3) is 0 Å². The van der Waals surface area contributed by atoms with Crippen LogP contribution in [0.3, 0.4) is 0 Å². The molecule has 10 aromatic carbocycles. The fourth-order valence-electron chi connectivity index (χ4n) is 10.6. The number of para-hydroxylation sites is 5. The first-order chi connectivity index (χ1) is 33.5. The van der Waals surface area contributed by atoms with Gasteiger partial charge < -0.3 is 19.6 Å². The van der Waals surface area contributed by atoms with E-state index in [0.29, 0.717) is 6.67 Å². The molecule has 0 radical (unpaired) electrons. The molecule has 4 heteroatoms. The van der Waals surface area contributed by atoms with Crippen molar-refractivity contribution >= 4 is 56.9 Å². The highest BCUT2D eigenvalue weighted by Crippen LogP contribution is 2.59. The van der Waals surface area contributed by atoms with Gasteiger partial charge in [-0.25, -0.2) is 0 Å². The van der Waals surface area contributed by atoms with E-state index in [1.807, 2.05) is 0 Å². The van der Waals surface area contributed by atoms with Crippen LogP contribution in [0.5, 0.6) is 0 Å². The average Bonchev–Trinajstić information content (AvgIpc) is 3.91. The third-order valence-electron chi connectivity index (χ3n) is 13.8. The van der Waals surface area contributed by atoms with Crippen LogP contribution < -0.4 is 19.6 Å². The molecule has 0 fully saturated rings. The summed E-state index contributed by atoms with van der Waals surface area (Å²) >= 11 is 0. The molecule has 0 aromatic heterocycles. The summed E-state index contributed by atoms with van der Waals surface area (Å²) in [5.74, 6) is 0. The zero-order chi connectivity index (χ0) is 45.6. The van der Waals surface area contributed by atoms with E-state index in [1.165, 1.54) is 50.3 Å². The topological polar surface area (TPSA) is 13.0 Å². The van der Waals surface area contributed by atoms with Crippen molar-refractivity contribution in [2.75, 3.05) is 26.3 Å². The van der Waals surface area contributed by atoms with Gasteiger partial charge in [0.05, 0.1) is 17.1 Å². The van der Waals surface area contributed by atoms with Crippen LogP contribution in [0.4, 0.5) is 56.9 Å². The molecule has 1 aliphatic carbocycles. The lowest BCUT2D eigenvalue weighted by Crippen LogP contribution is -2.24. The Hall–Kier alpha value is -8.60. The summed E-state index contributed by atoms with van der Waals surface area (Å²) in [6.45, 7) is 5.44. The maximum absolute atomic E-state index is 2.50. The second-order valence-corrected chi connectivity index (χ2v) is 18.2. The molecule has 0 atom stereocenters. The van der Waals surface area contributed by atoms with Crippen LogP contribution in [0.2, 0.25) is 0 Å². The highest BCUT2D eigenvalue weighted by atomic mass is 15.4. The molecule has 326 valence electrons. The molecular weight excluding hydrogens is 825 g/mol. The molecule has 0 saturated carbocycles. The molecule has 0 unspecified atom stereocenters. The van der Waals surface area contributed by atoms with E-state index in [9.17, 15) is 0 Å². The standard InChI is InChI=1S/C64H50N4/c1-64(2)57-36-19-18-34-55(57)61-58(64)42-43-59(62(61)56-35-21-37-60-63(56)66(49-27-12-5-13-28-49)45-65(60)48-25-10-4-11-26-48)68(54-33-20-24-47(44-54)46-22-8-3-9-23-46)53-40-38-52(39-41-53)67(50-29-14-6-15-30-50)51-31-16-7-17-32-51/h3-44H,45H2,1-2H3. The summed E-state index contributed by atoms with van der Waals surface area (Å²) in [5, 5.41) is 0. The van der Waals surface area contributed by atoms with Gasteiger partial charge in [-0.1, -0.05) is 172 Å². The van der Waals surface area contributed by atoms with Crippen LogP contribution in [-0.2, 0) is 5.41 Å². The van der Waals surface area contributed by atoms with Crippen LogP contribution in [0.15, 0.2) is 255 Å². The van der Waals surface area contributed by atoms with Crippen molar-refractivity contribution in [3.63, 3.8) is 0 Å². The lowest BCUT2D eigenvalue weighted by Gasteiger charge is -2.32. The van der Waals surface area contributed by atoms with Gasteiger partial charge in [0.1, 0.15) is 6.67 Å². The SMILES string of the molecule is CC1(C)c2ccccc2-c2c1ccc(N(c1ccc(N(c3ccccc3)c3ccccc3)cc1)c1cccc(-c3ccccc3)c1)c2-c1cccc2c1N(c1ccccc1)CN2c1ccccc1. The predicted octanol–water partition coefficient (Wildman–Crippen LogP) is 17.5. The van der Waals surface area contributed by atoms with E-state index in [2.05, 4.69) is 288 Å². The van der Waals surface area contributed by atoms with Gasteiger partial charge in [0, 0.05) is 56.4 Å². The van der Waals surface area contributed by atoms with Gasteiger partial charge in [-0.2, -0.15) is 0 Å². The Balaban J connectivity index is 1.14. The van der Waals surface area contributed by atoms with Crippen molar-refractivity contribution in [2.24, 2.45) is 0 Å². The summed E-state index contributed by atoms with van der Waals surface area (Å²) in [4.78, 5) is 9.78. The Labute approximate surface area is 399 Å². The number of rotatable bonds is 10. The van der Waals surface area contributed by atoms with E-state index >= 15 is 0 Å². The Morgan fingerprint density at radius 1 is 0.353 bits per heavy atom. The van der Waals surface area contributed by atoms with Gasteiger partial charge in [-0.3, -0.25) is 0 Å². The smallest absolute Gasteiger partial charge is 0.100 e. The Bertz CT molecular complexity index is 3350. The van der Waals surface area contributed by atoms with Crippen molar-refractivity contribution in [1.29, 1.82) is 0 Å². The lowest BCUT2D eigenvalue weighted by atomic mass is 9.81. The van der Waals surface area contributed by atoms with Gasteiger partial charge >= 0.3 is 0 Å². The molecule has 0 amide bonds. The number of fused-ring (bicyclic) bond motifs is 4. The molecule has 2 aliphatic rings. The van der Waals surface area contributed by atoms with Crippen LogP contribution >= 0.6 is 0 Å². The van der Waals surface area contributed by atoms with Crippen molar-refractivity contribution in [3.05, 3.63) is 266 Å². The molecule has 1 heterocycles. The number of anilines is 10. The quantitative estimate of drug-likeness (QED) is 0.136. The zero-order valence-electron chi connectivity index (χ0n) is 38.2. The minimum absolute atomic E-state index is 0.218. The maximum atomic E-state index is 2.50. The van der Waals surface area contributed by atoms with Crippen molar-refractivity contribution in [3.8, 4) is 33.4 Å². The minimum Gasteiger partial charge on any atom is -0.321 e. The Morgan fingerprint density at radius 2 is 0.838 bits per heavy atom. The molecule has 10 aromatic rings. The normalized spacial score (nSPS) is 13.1. The summed E-state index contributed by atoms with van der Waals surface area (Å²) in [6.07, 6.45) is 0. The second-order valence-electron chi connectivity index (χ2n) is 18.2. The van der Waals surface area contributed by atoms with Crippen LogP contribution in [0, 0.1) is 0 Å². The fourth-order valence-corrected chi connectivity index (χ4v) is 10.6. The van der Waals surface area contributed by atoms with E-state index < -0.39 is 0 Å².